The molecule has 6 heteroatoms. The van der Waals surface area contributed by atoms with Crippen molar-refractivity contribution in [2.24, 2.45) is 10.5 Å². The summed E-state index contributed by atoms with van der Waals surface area (Å²) < 4.78 is 16.7. The minimum absolute atomic E-state index is 0.0793. The molecule has 0 radical (unpaired) electrons. The Morgan fingerprint density at radius 1 is 1.12 bits per heavy atom. The maximum Gasteiger partial charge on any atom is 0.271 e. The Hall–Kier alpha value is -3.02. The van der Waals surface area contributed by atoms with Crippen molar-refractivity contribution in [3.8, 4) is 17.2 Å². The second-order valence-corrected chi connectivity index (χ2v) is 6.88. The van der Waals surface area contributed by atoms with Crippen LogP contribution in [0.15, 0.2) is 47.6 Å². The van der Waals surface area contributed by atoms with E-state index < -0.39 is 0 Å². The number of hydrogen-bond acceptors (Lipinski definition) is 5. The van der Waals surface area contributed by atoms with Crippen LogP contribution < -0.4 is 19.6 Å². The zero-order valence-electron chi connectivity index (χ0n) is 15.1. The van der Waals surface area contributed by atoms with E-state index >= 15 is 0 Å². The second kappa shape index (κ2) is 7.47. The number of methoxy groups -OCH3 is 1. The second-order valence-electron chi connectivity index (χ2n) is 6.88. The van der Waals surface area contributed by atoms with Crippen molar-refractivity contribution >= 4 is 12.1 Å². The molecule has 0 saturated carbocycles. The van der Waals surface area contributed by atoms with Crippen molar-refractivity contribution in [3.05, 3.63) is 53.6 Å². The third-order valence-electron chi connectivity index (χ3n) is 3.94. The van der Waals surface area contributed by atoms with Gasteiger partial charge in [-0.1, -0.05) is 13.8 Å². The number of nitrogens with zero attached hydrogens (tertiary/aromatic N) is 1. The largest absolute Gasteiger partial charge is 0.497 e. The molecule has 1 aliphatic heterocycles. The molecule has 26 heavy (non-hydrogen) atoms. The summed E-state index contributed by atoms with van der Waals surface area (Å²) >= 11 is 0. The van der Waals surface area contributed by atoms with E-state index in [9.17, 15) is 4.79 Å². The molecule has 0 aliphatic carbocycles. The number of ether oxygens (including phenoxy) is 3. The number of carbonyl (C=O) groups excluding carboxylic acids is 1. The van der Waals surface area contributed by atoms with Crippen molar-refractivity contribution in [2.45, 2.75) is 13.8 Å². The van der Waals surface area contributed by atoms with E-state index in [2.05, 4.69) is 24.4 Å². The van der Waals surface area contributed by atoms with E-state index in [1.54, 1.807) is 31.5 Å². The number of hydrogen-bond donors (Lipinski definition) is 1. The van der Waals surface area contributed by atoms with Crippen molar-refractivity contribution in [3.63, 3.8) is 0 Å². The minimum atomic E-state index is -0.315. The molecule has 0 unspecified atom stereocenters. The fourth-order valence-electron chi connectivity index (χ4n) is 2.39. The summed E-state index contributed by atoms with van der Waals surface area (Å²) in [6, 6.07) is 12.5. The zero-order valence-corrected chi connectivity index (χ0v) is 15.1. The van der Waals surface area contributed by atoms with Crippen LogP contribution in [0.2, 0.25) is 0 Å². The average molecular weight is 354 g/mol. The summed E-state index contributed by atoms with van der Waals surface area (Å²) in [4.78, 5) is 12.3. The lowest BCUT2D eigenvalue weighted by molar-refractivity contribution is 0.0954. The highest BCUT2D eigenvalue weighted by molar-refractivity contribution is 5.95. The van der Waals surface area contributed by atoms with Crippen molar-refractivity contribution in [2.75, 3.05) is 20.3 Å². The van der Waals surface area contributed by atoms with Crippen molar-refractivity contribution in [1.29, 1.82) is 0 Å². The molecule has 0 atom stereocenters. The molecule has 0 aromatic heterocycles. The van der Waals surface area contributed by atoms with E-state index in [0.29, 0.717) is 30.3 Å². The molecule has 3 rings (SSSR count). The van der Waals surface area contributed by atoms with Gasteiger partial charge in [0.05, 0.1) is 26.5 Å². The number of rotatable bonds is 4. The Bertz CT molecular complexity index is 813. The Balaban J connectivity index is 1.65. The predicted molar refractivity (Wildman–Crippen MR) is 99.3 cm³/mol. The van der Waals surface area contributed by atoms with Crippen molar-refractivity contribution < 1.29 is 19.0 Å². The lowest BCUT2D eigenvalue weighted by atomic mass is 9.97. The Morgan fingerprint density at radius 3 is 2.50 bits per heavy atom. The van der Waals surface area contributed by atoms with Gasteiger partial charge in [-0.2, -0.15) is 5.10 Å². The molecule has 0 spiro atoms. The van der Waals surface area contributed by atoms with Gasteiger partial charge in [-0.25, -0.2) is 5.43 Å². The van der Waals surface area contributed by atoms with Gasteiger partial charge in [-0.15, -0.1) is 0 Å². The number of nitrogens with one attached hydrogen (secondary N) is 1. The average Bonchev–Trinajstić information content (AvgIpc) is 2.80. The monoisotopic (exact) mass is 354 g/mol. The molecular formula is C20H22N2O4. The van der Waals surface area contributed by atoms with Crippen LogP contribution in [-0.2, 0) is 0 Å². The number of hydrazone groups is 1. The standard InChI is InChI=1S/C20H22N2O4/c1-20(2)12-25-17-9-6-15(10-18(17)26-13-20)19(23)22-21-11-14-4-7-16(24-3)8-5-14/h4-11H,12-13H2,1-3H3,(H,22,23)/b21-11+. The van der Waals surface area contributed by atoms with Gasteiger partial charge in [-0.3, -0.25) is 4.79 Å². The lowest BCUT2D eigenvalue weighted by Gasteiger charge is -2.19. The lowest BCUT2D eigenvalue weighted by Crippen LogP contribution is -2.26. The number of amides is 1. The first-order valence-electron chi connectivity index (χ1n) is 8.34. The summed E-state index contributed by atoms with van der Waals surface area (Å²) in [6.45, 7) is 5.24. The minimum Gasteiger partial charge on any atom is -0.497 e. The van der Waals surface area contributed by atoms with Crippen LogP contribution in [0.5, 0.6) is 17.2 Å². The highest BCUT2D eigenvalue weighted by Gasteiger charge is 2.25. The van der Waals surface area contributed by atoms with Gasteiger partial charge in [0.1, 0.15) is 5.75 Å². The maximum atomic E-state index is 12.3. The first-order chi connectivity index (χ1) is 12.5. The molecule has 1 amide bonds. The summed E-state index contributed by atoms with van der Waals surface area (Å²) in [6.07, 6.45) is 1.57. The van der Waals surface area contributed by atoms with E-state index in [1.165, 1.54) is 0 Å². The predicted octanol–water partition coefficient (Wildman–Crippen LogP) is 3.26. The van der Waals surface area contributed by atoms with E-state index in [0.717, 1.165) is 11.3 Å². The molecule has 6 nitrogen and oxygen atoms in total. The van der Waals surface area contributed by atoms with Gasteiger partial charge in [0.25, 0.3) is 5.91 Å². The fourth-order valence-corrected chi connectivity index (χ4v) is 2.39. The third-order valence-corrected chi connectivity index (χ3v) is 3.94. The molecule has 1 heterocycles. The van der Waals surface area contributed by atoms with Gasteiger partial charge < -0.3 is 14.2 Å². The maximum absolute atomic E-state index is 12.3. The first kappa shape index (κ1) is 17.8. The molecule has 2 aromatic carbocycles. The van der Waals surface area contributed by atoms with Gasteiger partial charge in [-0.05, 0) is 48.0 Å². The van der Waals surface area contributed by atoms with E-state index in [4.69, 9.17) is 14.2 Å². The normalized spacial score (nSPS) is 15.3. The van der Waals surface area contributed by atoms with Gasteiger partial charge in [0.15, 0.2) is 11.5 Å². The Labute approximate surface area is 152 Å². The number of benzene rings is 2. The third kappa shape index (κ3) is 4.33. The van der Waals surface area contributed by atoms with Crippen LogP contribution in [0.4, 0.5) is 0 Å². The van der Waals surface area contributed by atoms with Crippen LogP contribution in [0.1, 0.15) is 29.8 Å². The van der Waals surface area contributed by atoms with E-state index in [1.807, 2.05) is 24.3 Å². The van der Waals surface area contributed by atoms with Crippen LogP contribution in [0.3, 0.4) is 0 Å². The molecule has 1 aliphatic rings. The highest BCUT2D eigenvalue weighted by atomic mass is 16.5. The van der Waals surface area contributed by atoms with Crippen molar-refractivity contribution in [1.82, 2.24) is 5.43 Å². The Morgan fingerprint density at radius 2 is 1.81 bits per heavy atom. The fraction of sp³-hybridized carbons (Fsp3) is 0.300. The zero-order chi connectivity index (χ0) is 18.6. The van der Waals surface area contributed by atoms with Crippen LogP contribution in [0.25, 0.3) is 0 Å². The molecule has 0 fully saturated rings. The van der Waals surface area contributed by atoms with Gasteiger partial charge in [0.2, 0.25) is 0 Å². The molecule has 136 valence electrons. The van der Waals surface area contributed by atoms with Crippen LogP contribution in [-0.4, -0.2) is 32.4 Å². The number of fused-ring (bicyclic) bond motifs is 1. The smallest absolute Gasteiger partial charge is 0.271 e. The summed E-state index contributed by atoms with van der Waals surface area (Å²) in [5.41, 5.74) is 3.75. The number of carbonyl (C=O) groups is 1. The summed E-state index contributed by atoms with van der Waals surface area (Å²) in [5.74, 6) is 1.67. The van der Waals surface area contributed by atoms with Gasteiger partial charge in [0, 0.05) is 11.0 Å². The first-order valence-corrected chi connectivity index (χ1v) is 8.34. The van der Waals surface area contributed by atoms with Gasteiger partial charge >= 0.3 is 0 Å². The summed E-state index contributed by atoms with van der Waals surface area (Å²) in [5, 5.41) is 3.99. The SMILES string of the molecule is COc1ccc(/C=N/NC(=O)c2ccc3c(c2)OCC(C)(C)CO3)cc1. The molecule has 1 N–H and O–H groups in total. The topological polar surface area (TPSA) is 69.2 Å². The Kier molecular flexibility index (Phi) is 5.11. The quantitative estimate of drug-likeness (QED) is 0.676. The summed E-state index contributed by atoms with van der Waals surface area (Å²) in [7, 11) is 1.61. The van der Waals surface area contributed by atoms with Crippen LogP contribution in [0, 0.1) is 5.41 Å². The highest BCUT2D eigenvalue weighted by Crippen LogP contribution is 2.34. The van der Waals surface area contributed by atoms with Crippen LogP contribution >= 0.6 is 0 Å². The molecular weight excluding hydrogens is 332 g/mol. The molecule has 2 aromatic rings. The van der Waals surface area contributed by atoms with E-state index in [-0.39, 0.29) is 11.3 Å². The molecule has 0 saturated heterocycles. The molecule has 0 bridgehead atoms.